The molecule has 6 atom stereocenters. The highest BCUT2D eigenvalue weighted by atomic mass is 16.5. The van der Waals surface area contributed by atoms with Crippen LogP contribution in [0.2, 0.25) is 0 Å². The van der Waals surface area contributed by atoms with Crippen molar-refractivity contribution < 1.29 is 29.9 Å². The van der Waals surface area contributed by atoms with Crippen molar-refractivity contribution in [1.29, 1.82) is 0 Å². The molecule has 1 heterocycles. The second kappa shape index (κ2) is 10.6. The van der Waals surface area contributed by atoms with Gasteiger partial charge in [-0.3, -0.25) is 0 Å². The van der Waals surface area contributed by atoms with Gasteiger partial charge in [-0.15, -0.1) is 0 Å². The molecule has 0 aromatic heterocycles. The normalized spacial score (nSPS) is 30.9. The van der Waals surface area contributed by atoms with E-state index in [0.717, 1.165) is 12.4 Å². The Balaban J connectivity index is 0.000000240. The lowest BCUT2D eigenvalue weighted by Gasteiger charge is -2.38. The van der Waals surface area contributed by atoms with E-state index < -0.39 is 30.5 Å². The van der Waals surface area contributed by atoms with Crippen molar-refractivity contribution in [3.8, 4) is 5.75 Å². The zero-order valence-corrected chi connectivity index (χ0v) is 14.6. The van der Waals surface area contributed by atoms with Gasteiger partial charge in [-0.2, -0.15) is 0 Å². The topological polar surface area (TPSA) is 99.4 Å². The van der Waals surface area contributed by atoms with Crippen LogP contribution in [0, 0.1) is 5.92 Å². The minimum absolute atomic E-state index is 0.366. The molecule has 138 valence electrons. The Labute approximate surface area is 143 Å². The van der Waals surface area contributed by atoms with Crippen molar-refractivity contribution in [2.24, 2.45) is 5.92 Å². The molecular formula is C18H30O6. The second-order valence-corrected chi connectivity index (χ2v) is 6.17. The first kappa shape index (κ1) is 20.9. The first-order valence-electron chi connectivity index (χ1n) is 8.39. The van der Waals surface area contributed by atoms with Crippen molar-refractivity contribution in [2.45, 2.75) is 57.7 Å². The van der Waals surface area contributed by atoms with Gasteiger partial charge in [-0.05, 0) is 25.0 Å². The minimum atomic E-state index is -1.24. The van der Waals surface area contributed by atoms with Gasteiger partial charge in [-0.25, -0.2) is 0 Å². The fraction of sp³-hybridized carbons (Fsp3) is 0.667. The molecule has 1 aliphatic heterocycles. The highest BCUT2D eigenvalue weighted by molar-refractivity contribution is 5.20. The van der Waals surface area contributed by atoms with Gasteiger partial charge in [0, 0.05) is 0 Å². The standard InChI is InChI=1S/C11H16O.C7H14O5/c1-3-10(2)9-12-11-7-5-4-6-8-11;1-3-5(9)7(11)6(10)4(2-8)12-3/h4-8,10H,3,9H2,1-2H3;3-11H,2H2,1H3/t;3-,4?,5?,6-,7?/m.1/s1. The van der Waals surface area contributed by atoms with E-state index in [-0.39, 0.29) is 6.61 Å². The van der Waals surface area contributed by atoms with E-state index in [2.05, 4.69) is 13.8 Å². The molecule has 1 aromatic carbocycles. The van der Waals surface area contributed by atoms with Crippen LogP contribution in [-0.2, 0) is 4.74 Å². The molecule has 1 aliphatic rings. The summed E-state index contributed by atoms with van der Waals surface area (Å²) in [5, 5.41) is 36.4. The predicted molar refractivity (Wildman–Crippen MR) is 90.8 cm³/mol. The molecule has 0 radical (unpaired) electrons. The van der Waals surface area contributed by atoms with Gasteiger partial charge >= 0.3 is 0 Å². The Morgan fingerprint density at radius 2 is 1.71 bits per heavy atom. The second-order valence-electron chi connectivity index (χ2n) is 6.17. The third-order valence-electron chi connectivity index (χ3n) is 4.11. The van der Waals surface area contributed by atoms with Crippen LogP contribution in [0.5, 0.6) is 5.75 Å². The van der Waals surface area contributed by atoms with E-state index in [9.17, 15) is 15.3 Å². The van der Waals surface area contributed by atoms with E-state index in [1.807, 2.05) is 30.3 Å². The SMILES string of the molecule is CCC(C)COc1ccccc1.C[C@H]1OC(CO)[C@@H](O)C(O)C1O. The number of para-hydroxylation sites is 1. The lowest BCUT2D eigenvalue weighted by atomic mass is 9.96. The van der Waals surface area contributed by atoms with Crippen molar-refractivity contribution in [3.63, 3.8) is 0 Å². The van der Waals surface area contributed by atoms with Crippen LogP contribution in [0.3, 0.4) is 0 Å². The molecule has 4 unspecified atom stereocenters. The molecule has 1 fully saturated rings. The van der Waals surface area contributed by atoms with E-state index >= 15 is 0 Å². The number of hydrogen-bond acceptors (Lipinski definition) is 6. The Morgan fingerprint density at radius 3 is 2.25 bits per heavy atom. The van der Waals surface area contributed by atoms with Gasteiger partial charge in [0.2, 0.25) is 0 Å². The fourth-order valence-corrected chi connectivity index (χ4v) is 2.16. The quantitative estimate of drug-likeness (QED) is 0.636. The Hall–Kier alpha value is -1.18. The minimum Gasteiger partial charge on any atom is -0.493 e. The maximum atomic E-state index is 9.23. The highest BCUT2D eigenvalue weighted by Gasteiger charge is 2.41. The molecule has 6 nitrogen and oxygen atoms in total. The number of benzene rings is 1. The monoisotopic (exact) mass is 342 g/mol. The summed E-state index contributed by atoms with van der Waals surface area (Å²) in [4.78, 5) is 0. The zero-order chi connectivity index (χ0) is 18.1. The largest absolute Gasteiger partial charge is 0.493 e. The number of aliphatic hydroxyl groups is 4. The first-order chi connectivity index (χ1) is 11.4. The maximum Gasteiger partial charge on any atom is 0.119 e. The summed E-state index contributed by atoms with van der Waals surface area (Å²) < 4.78 is 10.6. The van der Waals surface area contributed by atoms with E-state index in [1.165, 1.54) is 6.42 Å². The van der Waals surface area contributed by atoms with Crippen LogP contribution in [0.15, 0.2) is 30.3 Å². The smallest absolute Gasteiger partial charge is 0.119 e. The van der Waals surface area contributed by atoms with Gasteiger partial charge in [0.25, 0.3) is 0 Å². The molecule has 2 rings (SSSR count). The first-order valence-corrected chi connectivity index (χ1v) is 8.39. The lowest BCUT2D eigenvalue weighted by molar-refractivity contribution is -0.224. The van der Waals surface area contributed by atoms with Crippen molar-refractivity contribution in [3.05, 3.63) is 30.3 Å². The van der Waals surface area contributed by atoms with Crippen LogP contribution in [0.1, 0.15) is 27.2 Å². The Bertz CT molecular complexity index is 436. The van der Waals surface area contributed by atoms with Crippen LogP contribution in [0.25, 0.3) is 0 Å². The number of rotatable bonds is 5. The molecule has 4 N–H and O–H groups in total. The summed E-state index contributed by atoms with van der Waals surface area (Å²) in [6.45, 7) is 6.40. The van der Waals surface area contributed by atoms with E-state index in [4.69, 9.17) is 14.6 Å². The highest BCUT2D eigenvalue weighted by Crippen LogP contribution is 2.20. The molecule has 1 aromatic rings. The van der Waals surface area contributed by atoms with Gasteiger partial charge in [0.05, 0.1) is 19.3 Å². The third kappa shape index (κ3) is 6.37. The van der Waals surface area contributed by atoms with Crippen molar-refractivity contribution >= 4 is 0 Å². The summed E-state index contributed by atoms with van der Waals surface area (Å²) in [6.07, 6.45) is -3.76. The molecule has 1 saturated heterocycles. The molecule has 0 spiro atoms. The molecule has 0 aliphatic carbocycles. The van der Waals surface area contributed by atoms with Crippen molar-refractivity contribution in [1.82, 2.24) is 0 Å². The van der Waals surface area contributed by atoms with Crippen LogP contribution in [-0.4, -0.2) is 64.2 Å². The van der Waals surface area contributed by atoms with Gasteiger partial charge in [0.15, 0.2) is 0 Å². The maximum absolute atomic E-state index is 9.23. The Kier molecular flexibility index (Phi) is 9.25. The third-order valence-corrected chi connectivity index (χ3v) is 4.11. The summed E-state index contributed by atoms with van der Waals surface area (Å²) in [5.41, 5.74) is 0. The Morgan fingerprint density at radius 1 is 1.08 bits per heavy atom. The predicted octanol–water partition coefficient (Wildman–Crippen LogP) is 0.960. The molecule has 0 bridgehead atoms. The van der Waals surface area contributed by atoms with E-state index in [1.54, 1.807) is 6.92 Å². The summed E-state index contributed by atoms with van der Waals surface area (Å²) in [5.74, 6) is 1.61. The number of ether oxygens (including phenoxy) is 2. The average Bonchev–Trinajstić information content (AvgIpc) is 2.62. The summed E-state index contributed by atoms with van der Waals surface area (Å²) >= 11 is 0. The van der Waals surface area contributed by atoms with Crippen LogP contribution >= 0.6 is 0 Å². The van der Waals surface area contributed by atoms with E-state index in [0.29, 0.717) is 5.92 Å². The number of hydrogen-bond donors (Lipinski definition) is 4. The van der Waals surface area contributed by atoms with Gasteiger partial charge in [0.1, 0.15) is 30.2 Å². The average molecular weight is 342 g/mol. The summed E-state index contributed by atoms with van der Waals surface area (Å²) in [6, 6.07) is 9.96. The summed E-state index contributed by atoms with van der Waals surface area (Å²) in [7, 11) is 0. The molecule has 6 heteroatoms. The molecule has 0 amide bonds. The molecule has 24 heavy (non-hydrogen) atoms. The van der Waals surface area contributed by atoms with Crippen LogP contribution < -0.4 is 4.74 Å². The number of aliphatic hydroxyl groups excluding tert-OH is 4. The fourth-order valence-electron chi connectivity index (χ4n) is 2.16. The lowest BCUT2D eigenvalue weighted by Crippen LogP contribution is -2.57. The molecular weight excluding hydrogens is 312 g/mol. The van der Waals surface area contributed by atoms with Crippen LogP contribution in [0.4, 0.5) is 0 Å². The molecule has 0 saturated carbocycles. The van der Waals surface area contributed by atoms with Gasteiger partial charge in [-0.1, -0.05) is 38.5 Å². The zero-order valence-electron chi connectivity index (χ0n) is 14.6. The van der Waals surface area contributed by atoms with Gasteiger partial charge < -0.3 is 29.9 Å². The van der Waals surface area contributed by atoms with Crippen molar-refractivity contribution in [2.75, 3.05) is 13.2 Å².